The Kier molecular flexibility index (Phi) is 12.7. The molecule has 0 radical (unpaired) electrons. The summed E-state index contributed by atoms with van der Waals surface area (Å²) in [4.78, 5) is 4.26. The van der Waals surface area contributed by atoms with Crippen molar-refractivity contribution in [3.05, 3.63) is 34.9 Å². The van der Waals surface area contributed by atoms with E-state index >= 15 is 0 Å². The van der Waals surface area contributed by atoms with E-state index in [0.29, 0.717) is 19.8 Å². The molecule has 0 bridgehead atoms. The van der Waals surface area contributed by atoms with Gasteiger partial charge in [0.05, 0.1) is 19.8 Å². The second-order valence-electron chi connectivity index (χ2n) is 6.39. The van der Waals surface area contributed by atoms with Gasteiger partial charge in [-0.25, -0.2) is 0 Å². The predicted octanol–water partition coefficient (Wildman–Crippen LogP) is 3.29. The second kappa shape index (κ2) is 14.2. The molecule has 6 heteroatoms. The summed E-state index contributed by atoms with van der Waals surface area (Å²) in [5, 5.41) is 6.64. The number of benzene rings is 1. The Morgan fingerprint density at radius 2 is 1.81 bits per heavy atom. The van der Waals surface area contributed by atoms with Gasteiger partial charge in [0, 0.05) is 26.7 Å². The first kappa shape index (κ1) is 23.2. The third-order valence-electron chi connectivity index (χ3n) is 4.40. The fraction of sp³-hybridized carbons (Fsp3) is 0.650. The molecule has 0 fully saturated rings. The van der Waals surface area contributed by atoms with Crippen molar-refractivity contribution in [1.29, 1.82) is 0 Å². The number of hydrogen-bond donors (Lipinski definition) is 2. The molecule has 0 aromatic heterocycles. The van der Waals surface area contributed by atoms with Crippen molar-refractivity contribution in [3.8, 4) is 0 Å². The van der Waals surface area contributed by atoms with E-state index < -0.39 is 0 Å². The van der Waals surface area contributed by atoms with Crippen molar-refractivity contribution in [2.24, 2.45) is 4.99 Å². The zero-order valence-electron chi connectivity index (χ0n) is 16.2. The van der Waals surface area contributed by atoms with Crippen LogP contribution in [0.3, 0.4) is 0 Å². The van der Waals surface area contributed by atoms with Crippen LogP contribution in [0.15, 0.2) is 23.2 Å². The Morgan fingerprint density at radius 1 is 1.04 bits per heavy atom. The van der Waals surface area contributed by atoms with Gasteiger partial charge in [0.25, 0.3) is 0 Å². The molecule has 0 spiro atoms. The monoisotopic (exact) mass is 475 g/mol. The highest BCUT2D eigenvalue weighted by molar-refractivity contribution is 14.0. The van der Waals surface area contributed by atoms with Crippen molar-refractivity contribution in [2.75, 3.05) is 40.0 Å². The molecule has 1 aliphatic carbocycles. The molecular weight excluding hydrogens is 441 g/mol. The van der Waals surface area contributed by atoms with Crippen molar-refractivity contribution < 1.29 is 9.47 Å². The summed E-state index contributed by atoms with van der Waals surface area (Å²) in [5.74, 6) is 0.809. The lowest BCUT2D eigenvalue weighted by atomic mass is 10.1. The highest BCUT2D eigenvalue weighted by atomic mass is 127. The van der Waals surface area contributed by atoms with E-state index in [4.69, 9.17) is 9.47 Å². The molecule has 2 rings (SSSR count). The average Bonchev–Trinajstić information content (AvgIpc) is 3.10. The number of hydrogen-bond acceptors (Lipinski definition) is 3. The van der Waals surface area contributed by atoms with Crippen LogP contribution in [0.2, 0.25) is 0 Å². The third-order valence-corrected chi connectivity index (χ3v) is 4.40. The molecule has 5 nitrogen and oxygen atoms in total. The van der Waals surface area contributed by atoms with Crippen molar-refractivity contribution in [3.63, 3.8) is 0 Å². The number of guanidine groups is 1. The molecule has 1 aliphatic rings. The molecule has 1 aromatic rings. The standard InChI is InChI=1S/C20H33N3O2.HI/c1-3-4-11-24-13-14-25-12-10-22-20(21-2)23-16-17-8-9-18-6-5-7-19(18)15-17;/h8-9,15H,3-7,10-14,16H2,1-2H3,(H2,21,22,23);1H. The number of fused-ring (bicyclic) bond motifs is 1. The van der Waals surface area contributed by atoms with E-state index in [9.17, 15) is 0 Å². The quantitative estimate of drug-likeness (QED) is 0.223. The molecule has 0 saturated carbocycles. The molecule has 0 saturated heterocycles. The number of halogens is 1. The Balaban J connectivity index is 0.00000338. The van der Waals surface area contributed by atoms with Crippen LogP contribution in [-0.4, -0.2) is 46.0 Å². The van der Waals surface area contributed by atoms with Gasteiger partial charge in [0.2, 0.25) is 0 Å². The first-order valence-corrected chi connectivity index (χ1v) is 9.54. The summed E-state index contributed by atoms with van der Waals surface area (Å²) in [6.45, 7) is 6.49. The number of aliphatic imine (C=N–C) groups is 1. The smallest absolute Gasteiger partial charge is 0.191 e. The summed E-state index contributed by atoms with van der Waals surface area (Å²) in [5.41, 5.74) is 4.34. The van der Waals surface area contributed by atoms with E-state index in [-0.39, 0.29) is 24.0 Å². The first-order valence-electron chi connectivity index (χ1n) is 9.54. The number of aryl methyl sites for hydroxylation is 2. The Hall–Kier alpha value is -0.860. The van der Waals surface area contributed by atoms with Gasteiger partial charge < -0.3 is 20.1 Å². The molecule has 0 amide bonds. The van der Waals surface area contributed by atoms with Crippen LogP contribution in [0, 0.1) is 0 Å². The summed E-state index contributed by atoms with van der Waals surface area (Å²) in [7, 11) is 1.79. The maximum absolute atomic E-state index is 5.55. The minimum atomic E-state index is 0. The number of rotatable bonds is 11. The zero-order valence-corrected chi connectivity index (χ0v) is 18.5. The van der Waals surface area contributed by atoms with Crippen LogP contribution in [0.25, 0.3) is 0 Å². The predicted molar refractivity (Wildman–Crippen MR) is 119 cm³/mol. The summed E-state index contributed by atoms with van der Waals surface area (Å²) in [6, 6.07) is 6.81. The Morgan fingerprint density at radius 3 is 2.58 bits per heavy atom. The number of nitrogens with zero attached hydrogens (tertiary/aromatic N) is 1. The third kappa shape index (κ3) is 8.68. The van der Waals surface area contributed by atoms with Crippen LogP contribution in [-0.2, 0) is 28.9 Å². The normalized spacial score (nSPS) is 13.2. The van der Waals surface area contributed by atoms with Crippen LogP contribution in [0.1, 0.15) is 42.9 Å². The van der Waals surface area contributed by atoms with E-state index in [1.807, 2.05) is 0 Å². The molecule has 0 unspecified atom stereocenters. The average molecular weight is 475 g/mol. The molecule has 1 aromatic carbocycles. The van der Waals surface area contributed by atoms with Crippen molar-refractivity contribution in [1.82, 2.24) is 10.6 Å². The molecule has 0 aliphatic heterocycles. The van der Waals surface area contributed by atoms with Gasteiger partial charge in [-0.1, -0.05) is 31.5 Å². The Bertz CT molecular complexity index is 538. The molecule has 2 N–H and O–H groups in total. The number of nitrogens with one attached hydrogen (secondary N) is 2. The lowest BCUT2D eigenvalue weighted by Crippen LogP contribution is -2.38. The van der Waals surface area contributed by atoms with Crippen LogP contribution >= 0.6 is 24.0 Å². The molecular formula is C20H34IN3O2. The highest BCUT2D eigenvalue weighted by Gasteiger charge is 2.10. The fourth-order valence-electron chi connectivity index (χ4n) is 2.95. The molecule has 0 atom stereocenters. The minimum absolute atomic E-state index is 0. The number of ether oxygens (including phenoxy) is 2. The maximum atomic E-state index is 5.55. The van der Waals surface area contributed by atoms with Gasteiger partial charge in [-0.2, -0.15) is 0 Å². The van der Waals surface area contributed by atoms with Crippen molar-refractivity contribution >= 4 is 29.9 Å². The number of unbranched alkanes of at least 4 members (excludes halogenated alkanes) is 1. The van der Waals surface area contributed by atoms with E-state index in [1.165, 1.54) is 42.4 Å². The lowest BCUT2D eigenvalue weighted by Gasteiger charge is -2.13. The van der Waals surface area contributed by atoms with Gasteiger partial charge in [-0.05, 0) is 42.4 Å². The highest BCUT2D eigenvalue weighted by Crippen LogP contribution is 2.22. The van der Waals surface area contributed by atoms with Gasteiger partial charge in [0.15, 0.2) is 5.96 Å². The van der Waals surface area contributed by atoms with Crippen LogP contribution in [0.5, 0.6) is 0 Å². The van der Waals surface area contributed by atoms with E-state index in [1.54, 1.807) is 7.05 Å². The van der Waals surface area contributed by atoms with Gasteiger partial charge in [-0.3, -0.25) is 4.99 Å². The van der Waals surface area contributed by atoms with Gasteiger partial charge in [0.1, 0.15) is 0 Å². The molecule has 148 valence electrons. The van der Waals surface area contributed by atoms with E-state index in [2.05, 4.69) is 40.7 Å². The second-order valence-corrected chi connectivity index (χ2v) is 6.39. The SMILES string of the molecule is CCCCOCCOCCNC(=NC)NCc1ccc2c(c1)CCC2.I. The minimum Gasteiger partial charge on any atom is -0.379 e. The summed E-state index contributed by atoms with van der Waals surface area (Å²) < 4.78 is 11.0. The van der Waals surface area contributed by atoms with Gasteiger partial charge in [-0.15, -0.1) is 24.0 Å². The molecule has 26 heavy (non-hydrogen) atoms. The van der Waals surface area contributed by atoms with Crippen LogP contribution < -0.4 is 10.6 Å². The first-order chi connectivity index (χ1) is 12.3. The van der Waals surface area contributed by atoms with Crippen molar-refractivity contribution in [2.45, 2.75) is 45.6 Å². The van der Waals surface area contributed by atoms with Crippen LogP contribution in [0.4, 0.5) is 0 Å². The topological polar surface area (TPSA) is 54.9 Å². The Labute approximate surface area is 175 Å². The molecule has 0 heterocycles. The van der Waals surface area contributed by atoms with Gasteiger partial charge >= 0.3 is 0 Å². The fourth-order valence-corrected chi connectivity index (χ4v) is 2.95. The summed E-state index contributed by atoms with van der Waals surface area (Å²) in [6.07, 6.45) is 6.03. The van der Waals surface area contributed by atoms with E-state index in [0.717, 1.165) is 32.1 Å². The lowest BCUT2D eigenvalue weighted by molar-refractivity contribution is 0.0487. The summed E-state index contributed by atoms with van der Waals surface area (Å²) >= 11 is 0. The largest absolute Gasteiger partial charge is 0.379 e. The maximum Gasteiger partial charge on any atom is 0.191 e. The zero-order chi connectivity index (χ0) is 17.7.